The summed E-state index contributed by atoms with van der Waals surface area (Å²) in [6, 6.07) is 18.0. The van der Waals surface area contributed by atoms with Gasteiger partial charge in [-0.3, -0.25) is 9.89 Å². The van der Waals surface area contributed by atoms with Gasteiger partial charge in [0.05, 0.1) is 13.0 Å². The van der Waals surface area contributed by atoms with Crippen LogP contribution in [0.5, 0.6) is 5.75 Å². The first-order valence-corrected chi connectivity index (χ1v) is 9.38. The number of aromatic amines is 1. The monoisotopic (exact) mass is 361 g/mol. The zero-order valence-corrected chi connectivity index (χ0v) is 15.4. The van der Waals surface area contributed by atoms with Gasteiger partial charge in [0.25, 0.3) is 0 Å². The maximum atomic E-state index is 12.3. The van der Waals surface area contributed by atoms with Crippen molar-refractivity contribution in [3.05, 3.63) is 65.9 Å². The number of amides is 1. The Morgan fingerprint density at radius 1 is 1.11 bits per heavy atom. The average molecular weight is 361 g/mol. The summed E-state index contributed by atoms with van der Waals surface area (Å²) >= 11 is 0. The van der Waals surface area contributed by atoms with Crippen LogP contribution in [0.4, 0.5) is 5.82 Å². The number of benzene rings is 2. The molecule has 0 saturated heterocycles. The number of aromatic nitrogens is 2. The normalized spacial score (nSPS) is 13.4. The fourth-order valence-electron chi connectivity index (χ4n) is 3.10. The Balaban J connectivity index is 1.35. The van der Waals surface area contributed by atoms with Crippen LogP contribution in [-0.2, 0) is 11.2 Å². The third kappa shape index (κ3) is 4.37. The standard InChI is InChI=1S/C22H23N3O2/c1-2-27-19-11-9-17(10-12-19)16-5-3-15(4-6-16)13-22(26)23-21-14-20(24-25-21)18-7-8-18/h3-6,9-12,14,18H,2,7-8,13H2,1H3,(H2,23,24,25,26). The Morgan fingerprint density at radius 2 is 1.78 bits per heavy atom. The van der Waals surface area contributed by atoms with Gasteiger partial charge in [-0.25, -0.2) is 0 Å². The van der Waals surface area contributed by atoms with Gasteiger partial charge in [0, 0.05) is 17.7 Å². The van der Waals surface area contributed by atoms with Crippen molar-refractivity contribution in [2.75, 3.05) is 11.9 Å². The number of carbonyl (C=O) groups excluding carboxylic acids is 1. The molecular formula is C22H23N3O2. The highest BCUT2D eigenvalue weighted by atomic mass is 16.5. The molecule has 27 heavy (non-hydrogen) atoms. The summed E-state index contributed by atoms with van der Waals surface area (Å²) in [7, 11) is 0. The highest BCUT2D eigenvalue weighted by Gasteiger charge is 2.25. The summed E-state index contributed by atoms with van der Waals surface area (Å²) in [6.07, 6.45) is 2.74. The smallest absolute Gasteiger partial charge is 0.229 e. The van der Waals surface area contributed by atoms with Crippen LogP contribution in [0.1, 0.15) is 36.9 Å². The van der Waals surface area contributed by atoms with E-state index < -0.39 is 0 Å². The predicted octanol–water partition coefficient (Wildman–Crippen LogP) is 4.53. The largest absolute Gasteiger partial charge is 0.494 e. The average Bonchev–Trinajstić information content (AvgIpc) is 3.43. The van der Waals surface area contributed by atoms with E-state index in [2.05, 4.69) is 15.5 Å². The summed E-state index contributed by atoms with van der Waals surface area (Å²) in [5, 5.41) is 10.0. The number of anilines is 1. The van der Waals surface area contributed by atoms with Gasteiger partial charge in [-0.1, -0.05) is 36.4 Å². The van der Waals surface area contributed by atoms with Crippen LogP contribution in [0, 0.1) is 0 Å². The summed E-state index contributed by atoms with van der Waals surface area (Å²) in [4.78, 5) is 12.3. The Bertz CT molecular complexity index is 909. The molecule has 0 unspecified atom stereocenters. The number of nitrogens with zero attached hydrogens (tertiary/aromatic N) is 1. The summed E-state index contributed by atoms with van der Waals surface area (Å²) in [6.45, 7) is 2.64. The number of hydrogen-bond donors (Lipinski definition) is 2. The fourth-order valence-corrected chi connectivity index (χ4v) is 3.10. The van der Waals surface area contributed by atoms with Gasteiger partial charge in [-0.05, 0) is 48.6 Å². The van der Waals surface area contributed by atoms with Crippen molar-refractivity contribution in [3.8, 4) is 16.9 Å². The molecule has 2 aromatic carbocycles. The zero-order chi connectivity index (χ0) is 18.6. The second-order valence-corrected chi connectivity index (χ2v) is 6.86. The predicted molar refractivity (Wildman–Crippen MR) is 106 cm³/mol. The lowest BCUT2D eigenvalue weighted by molar-refractivity contribution is -0.115. The van der Waals surface area contributed by atoms with E-state index in [1.807, 2.05) is 61.5 Å². The third-order valence-electron chi connectivity index (χ3n) is 4.70. The molecule has 0 spiro atoms. The molecule has 0 aliphatic heterocycles. The lowest BCUT2D eigenvalue weighted by Gasteiger charge is -2.07. The van der Waals surface area contributed by atoms with Crippen LogP contribution in [0.3, 0.4) is 0 Å². The van der Waals surface area contributed by atoms with Crippen molar-refractivity contribution in [2.45, 2.75) is 32.1 Å². The second kappa shape index (κ2) is 7.66. The zero-order valence-electron chi connectivity index (χ0n) is 15.4. The minimum absolute atomic E-state index is 0.0577. The molecule has 1 aliphatic carbocycles. The van der Waals surface area contributed by atoms with Crippen molar-refractivity contribution in [1.82, 2.24) is 10.2 Å². The summed E-state index contributed by atoms with van der Waals surface area (Å²) < 4.78 is 5.47. The quantitative estimate of drug-likeness (QED) is 0.649. The number of hydrogen-bond acceptors (Lipinski definition) is 3. The van der Waals surface area contributed by atoms with Gasteiger partial charge >= 0.3 is 0 Å². The molecule has 5 heteroatoms. The highest BCUT2D eigenvalue weighted by Crippen LogP contribution is 2.39. The maximum absolute atomic E-state index is 12.3. The van der Waals surface area contributed by atoms with Crippen LogP contribution < -0.4 is 10.1 Å². The molecular weight excluding hydrogens is 338 g/mol. The fraction of sp³-hybridized carbons (Fsp3) is 0.273. The molecule has 1 amide bonds. The second-order valence-electron chi connectivity index (χ2n) is 6.86. The minimum atomic E-state index is -0.0577. The molecule has 3 aromatic rings. The SMILES string of the molecule is CCOc1ccc(-c2ccc(CC(=O)Nc3cc(C4CC4)[nH]n3)cc2)cc1. The van der Waals surface area contributed by atoms with E-state index >= 15 is 0 Å². The number of H-pyrrole nitrogens is 1. The van der Waals surface area contributed by atoms with Crippen LogP contribution in [0.2, 0.25) is 0 Å². The van der Waals surface area contributed by atoms with Crippen molar-refractivity contribution in [2.24, 2.45) is 0 Å². The van der Waals surface area contributed by atoms with Gasteiger partial charge in [0.2, 0.25) is 5.91 Å². The van der Waals surface area contributed by atoms with Gasteiger partial charge in [-0.15, -0.1) is 0 Å². The Kier molecular flexibility index (Phi) is 4.92. The molecule has 2 N–H and O–H groups in total. The molecule has 138 valence electrons. The number of nitrogens with one attached hydrogen (secondary N) is 2. The van der Waals surface area contributed by atoms with Gasteiger partial charge < -0.3 is 10.1 Å². The first-order valence-electron chi connectivity index (χ1n) is 9.38. The Labute approximate surface area is 158 Å². The Morgan fingerprint density at radius 3 is 2.41 bits per heavy atom. The van der Waals surface area contributed by atoms with E-state index in [1.54, 1.807) is 0 Å². The molecule has 1 aliphatic rings. The van der Waals surface area contributed by atoms with Crippen molar-refractivity contribution in [3.63, 3.8) is 0 Å². The topological polar surface area (TPSA) is 67.0 Å². The highest BCUT2D eigenvalue weighted by molar-refractivity contribution is 5.91. The van der Waals surface area contributed by atoms with E-state index in [1.165, 1.54) is 12.8 Å². The van der Waals surface area contributed by atoms with E-state index in [-0.39, 0.29) is 5.91 Å². The molecule has 1 aromatic heterocycles. The lowest BCUT2D eigenvalue weighted by Crippen LogP contribution is -2.14. The van der Waals surface area contributed by atoms with Gasteiger partial charge in [-0.2, -0.15) is 5.10 Å². The molecule has 1 saturated carbocycles. The van der Waals surface area contributed by atoms with E-state index in [9.17, 15) is 4.79 Å². The van der Waals surface area contributed by atoms with E-state index in [4.69, 9.17) is 4.74 Å². The molecule has 5 nitrogen and oxygen atoms in total. The molecule has 0 atom stereocenters. The summed E-state index contributed by atoms with van der Waals surface area (Å²) in [5.74, 6) is 2.02. The van der Waals surface area contributed by atoms with Crippen molar-refractivity contribution >= 4 is 11.7 Å². The van der Waals surface area contributed by atoms with Gasteiger partial charge in [0.15, 0.2) is 5.82 Å². The maximum Gasteiger partial charge on any atom is 0.229 e. The molecule has 0 bridgehead atoms. The van der Waals surface area contributed by atoms with E-state index in [0.29, 0.717) is 24.8 Å². The molecule has 1 heterocycles. The molecule has 0 radical (unpaired) electrons. The van der Waals surface area contributed by atoms with E-state index in [0.717, 1.165) is 28.1 Å². The van der Waals surface area contributed by atoms with Gasteiger partial charge in [0.1, 0.15) is 5.75 Å². The van der Waals surface area contributed by atoms with Crippen LogP contribution in [0.15, 0.2) is 54.6 Å². The van der Waals surface area contributed by atoms with Crippen LogP contribution >= 0.6 is 0 Å². The number of ether oxygens (including phenoxy) is 1. The van der Waals surface area contributed by atoms with Crippen LogP contribution in [0.25, 0.3) is 11.1 Å². The number of carbonyl (C=O) groups is 1. The van der Waals surface area contributed by atoms with Crippen molar-refractivity contribution in [1.29, 1.82) is 0 Å². The molecule has 4 rings (SSSR count). The number of rotatable bonds is 7. The lowest BCUT2D eigenvalue weighted by atomic mass is 10.0. The Hall–Kier alpha value is -3.08. The van der Waals surface area contributed by atoms with Crippen molar-refractivity contribution < 1.29 is 9.53 Å². The van der Waals surface area contributed by atoms with Crippen LogP contribution in [-0.4, -0.2) is 22.7 Å². The third-order valence-corrected chi connectivity index (χ3v) is 4.70. The first-order chi connectivity index (χ1) is 13.2. The first kappa shape index (κ1) is 17.3. The summed E-state index contributed by atoms with van der Waals surface area (Å²) in [5.41, 5.74) is 4.33. The minimum Gasteiger partial charge on any atom is -0.494 e. The molecule has 1 fully saturated rings.